The molecule has 1 amide bonds. The van der Waals surface area contributed by atoms with E-state index in [1.54, 1.807) is 11.8 Å². The van der Waals surface area contributed by atoms with Gasteiger partial charge in [-0.15, -0.1) is 0 Å². The first-order valence-electron chi connectivity index (χ1n) is 8.15. The number of benzene rings is 1. The molecule has 2 rings (SSSR count). The molecule has 1 aliphatic heterocycles. The Hall–Kier alpha value is -1.36. The van der Waals surface area contributed by atoms with Crippen molar-refractivity contribution >= 4 is 23.5 Å². The van der Waals surface area contributed by atoms with Crippen molar-refractivity contribution in [1.82, 2.24) is 4.90 Å². The minimum atomic E-state index is -0.449. The molecule has 1 aliphatic rings. The number of hydrogen-bond acceptors (Lipinski definition) is 4. The van der Waals surface area contributed by atoms with Gasteiger partial charge in [0.05, 0.1) is 0 Å². The third-order valence-electron chi connectivity index (χ3n) is 3.98. The van der Waals surface area contributed by atoms with Gasteiger partial charge in [0.1, 0.15) is 5.60 Å². The summed E-state index contributed by atoms with van der Waals surface area (Å²) in [6, 6.07) is 6.16. The first-order valence-corrected chi connectivity index (χ1v) is 9.54. The summed E-state index contributed by atoms with van der Waals surface area (Å²) >= 11 is 1.80. The van der Waals surface area contributed by atoms with Gasteiger partial charge in [0.15, 0.2) is 0 Å². The summed E-state index contributed by atoms with van der Waals surface area (Å²) in [6.45, 7) is 7.22. The molecular formula is C18H28N2O2S. The fraction of sp³-hybridized carbons (Fsp3) is 0.611. The van der Waals surface area contributed by atoms with Crippen LogP contribution in [0.15, 0.2) is 18.2 Å². The molecule has 1 heterocycles. The molecule has 0 radical (unpaired) electrons. The zero-order chi connectivity index (χ0) is 17.0. The molecule has 2 N–H and O–H groups in total. The normalized spacial score (nSPS) is 18.8. The number of hydrogen-bond donors (Lipinski definition) is 1. The van der Waals surface area contributed by atoms with Crippen LogP contribution in [0.2, 0.25) is 0 Å². The molecule has 1 aromatic rings. The summed E-state index contributed by atoms with van der Waals surface area (Å²) in [5, 5.41) is 0. The summed E-state index contributed by atoms with van der Waals surface area (Å²) in [7, 11) is 0. The highest BCUT2D eigenvalue weighted by Gasteiger charge is 2.29. The molecule has 1 fully saturated rings. The Balaban J connectivity index is 2.13. The van der Waals surface area contributed by atoms with Crippen LogP contribution in [0, 0.1) is 0 Å². The summed E-state index contributed by atoms with van der Waals surface area (Å²) in [4.78, 5) is 14.2. The molecule has 0 saturated carbocycles. The fourth-order valence-electron chi connectivity index (χ4n) is 3.03. The SMILES string of the molecule is CSCc1cc(N)ccc1C1CCCN(C(=O)OC(C)(C)C)C1. The number of carbonyl (C=O) groups is 1. The topological polar surface area (TPSA) is 55.6 Å². The van der Waals surface area contributed by atoms with Crippen LogP contribution in [-0.2, 0) is 10.5 Å². The number of ether oxygens (including phenoxy) is 1. The van der Waals surface area contributed by atoms with Crippen LogP contribution in [0.5, 0.6) is 0 Å². The second kappa shape index (κ2) is 7.47. The lowest BCUT2D eigenvalue weighted by Gasteiger charge is -2.35. The maximum absolute atomic E-state index is 12.3. The minimum absolute atomic E-state index is 0.205. The Morgan fingerprint density at radius 3 is 2.83 bits per heavy atom. The van der Waals surface area contributed by atoms with Gasteiger partial charge in [-0.2, -0.15) is 11.8 Å². The van der Waals surface area contributed by atoms with E-state index in [1.165, 1.54) is 11.1 Å². The molecule has 1 saturated heterocycles. The Morgan fingerprint density at radius 1 is 1.43 bits per heavy atom. The largest absolute Gasteiger partial charge is 0.444 e. The number of anilines is 1. The van der Waals surface area contributed by atoms with Gasteiger partial charge in [-0.3, -0.25) is 0 Å². The van der Waals surface area contributed by atoms with Gasteiger partial charge in [-0.05, 0) is 63.1 Å². The standard InChI is InChI=1S/C18H28N2O2S/c1-18(2,3)22-17(21)20-9-5-6-13(11-20)16-8-7-15(19)10-14(16)12-23-4/h7-8,10,13H,5-6,9,11-12,19H2,1-4H3. The number of piperidine rings is 1. The first kappa shape index (κ1) is 18.0. The van der Waals surface area contributed by atoms with Gasteiger partial charge >= 0.3 is 6.09 Å². The van der Waals surface area contributed by atoms with Crippen molar-refractivity contribution in [3.8, 4) is 0 Å². The van der Waals surface area contributed by atoms with Crippen molar-refractivity contribution < 1.29 is 9.53 Å². The fourth-order valence-corrected chi connectivity index (χ4v) is 3.59. The van der Waals surface area contributed by atoms with Crippen molar-refractivity contribution in [3.05, 3.63) is 29.3 Å². The number of thioether (sulfide) groups is 1. The van der Waals surface area contributed by atoms with E-state index in [2.05, 4.69) is 18.4 Å². The van der Waals surface area contributed by atoms with Crippen molar-refractivity contribution in [2.45, 2.75) is 50.9 Å². The number of nitrogen functional groups attached to an aromatic ring is 1. The molecule has 1 aromatic carbocycles. The van der Waals surface area contributed by atoms with E-state index in [1.807, 2.05) is 31.7 Å². The number of nitrogens with two attached hydrogens (primary N) is 1. The zero-order valence-corrected chi connectivity index (χ0v) is 15.4. The Kier molecular flexibility index (Phi) is 5.84. The Labute approximate surface area is 143 Å². The number of carbonyl (C=O) groups excluding carboxylic acids is 1. The average Bonchev–Trinajstić information content (AvgIpc) is 2.46. The molecular weight excluding hydrogens is 308 g/mol. The van der Waals surface area contributed by atoms with Crippen LogP contribution in [0.4, 0.5) is 10.5 Å². The molecule has 0 spiro atoms. The second-order valence-electron chi connectivity index (χ2n) is 7.16. The summed E-state index contributed by atoms with van der Waals surface area (Å²) in [5.41, 5.74) is 8.90. The molecule has 0 aromatic heterocycles. The zero-order valence-electron chi connectivity index (χ0n) is 14.6. The van der Waals surface area contributed by atoms with Gasteiger partial charge in [0.2, 0.25) is 0 Å². The predicted molar refractivity (Wildman–Crippen MR) is 97.9 cm³/mol. The number of amides is 1. The van der Waals surface area contributed by atoms with E-state index >= 15 is 0 Å². The first-order chi connectivity index (χ1) is 10.8. The lowest BCUT2D eigenvalue weighted by atomic mass is 9.88. The molecule has 1 unspecified atom stereocenters. The number of likely N-dealkylation sites (tertiary alicyclic amines) is 1. The van der Waals surface area contributed by atoms with Crippen LogP contribution in [0.1, 0.15) is 50.7 Å². The quantitative estimate of drug-likeness (QED) is 0.839. The Bertz CT molecular complexity index is 554. The van der Waals surface area contributed by atoms with E-state index in [0.29, 0.717) is 5.92 Å². The van der Waals surface area contributed by atoms with Gasteiger partial charge in [-0.25, -0.2) is 4.79 Å². The minimum Gasteiger partial charge on any atom is -0.444 e. The van der Waals surface area contributed by atoms with E-state index < -0.39 is 5.60 Å². The Morgan fingerprint density at radius 2 is 2.17 bits per heavy atom. The third-order valence-corrected chi connectivity index (χ3v) is 4.58. The van der Waals surface area contributed by atoms with Crippen LogP contribution in [0.25, 0.3) is 0 Å². The monoisotopic (exact) mass is 336 g/mol. The van der Waals surface area contributed by atoms with Crippen molar-refractivity contribution in [2.75, 3.05) is 25.1 Å². The molecule has 128 valence electrons. The number of nitrogens with zero attached hydrogens (tertiary/aromatic N) is 1. The average molecular weight is 337 g/mol. The van der Waals surface area contributed by atoms with Crippen LogP contribution in [-0.4, -0.2) is 35.9 Å². The highest BCUT2D eigenvalue weighted by atomic mass is 32.2. The summed E-state index contributed by atoms with van der Waals surface area (Å²) in [6.07, 6.45) is 4.00. The third kappa shape index (κ3) is 5.06. The molecule has 0 aliphatic carbocycles. The van der Waals surface area contributed by atoms with Gasteiger partial charge < -0.3 is 15.4 Å². The summed E-state index contributed by atoms with van der Waals surface area (Å²) in [5.74, 6) is 1.31. The van der Waals surface area contributed by atoms with Crippen LogP contribution >= 0.6 is 11.8 Å². The lowest BCUT2D eigenvalue weighted by molar-refractivity contribution is 0.0198. The van der Waals surface area contributed by atoms with E-state index in [9.17, 15) is 4.79 Å². The summed E-state index contributed by atoms with van der Waals surface area (Å²) < 4.78 is 5.52. The van der Waals surface area contributed by atoms with E-state index in [0.717, 1.165) is 37.4 Å². The van der Waals surface area contributed by atoms with Gasteiger partial charge in [0.25, 0.3) is 0 Å². The second-order valence-corrected chi connectivity index (χ2v) is 8.02. The molecule has 1 atom stereocenters. The van der Waals surface area contributed by atoms with E-state index in [4.69, 9.17) is 10.5 Å². The molecule has 4 nitrogen and oxygen atoms in total. The molecule has 0 bridgehead atoms. The number of rotatable bonds is 3. The maximum atomic E-state index is 12.3. The van der Waals surface area contributed by atoms with Gasteiger partial charge in [-0.1, -0.05) is 6.07 Å². The van der Waals surface area contributed by atoms with Gasteiger partial charge in [0, 0.05) is 30.4 Å². The lowest BCUT2D eigenvalue weighted by Crippen LogP contribution is -2.42. The highest BCUT2D eigenvalue weighted by molar-refractivity contribution is 7.97. The highest BCUT2D eigenvalue weighted by Crippen LogP contribution is 2.32. The van der Waals surface area contributed by atoms with Crippen molar-refractivity contribution in [1.29, 1.82) is 0 Å². The van der Waals surface area contributed by atoms with Crippen LogP contribution in [0.3, 0.4) is 0 Å². The van der Waals surface area contributed by atoms with E-state index in [-0.39, 0.29) is 6.09 Å². The van der Waals surface area contributed by atoms with Crippen molar-refractivity contribution in [2.24, 2.45) is 0 Å². The van der Waals surface area contributed by atoms with Crippen molar-refractivity contribution in [3.63, 3.8) is 0 Å². The molecule has 23 heavy (non-hydrogen) atoms. The maximum Gasteiger partial charge on any atom is 0.410 e. The smallest absolute Gasteiger partial charge is 0.410 e. The predicted octanol–water partition coefficient (Wildman–Crippen LogP) is 4.25. The van der Waals surface area contributed by atoms with Crippen LogP contribution < -0.4 is 5.73 Å². The molecule has 5 heteroatoms.